The number of nitrogens with zero attached hydrogens (tertiary/aromatic N) is 1. The molecule has 6 heteroatoms. The number of ketones is 1. The molecule has 0 heterocycles. The topological polar surface area (TPSA) is 60.2 Å². The Hall–Kier alpha value is -2.21. The maximum Gasteiger partial charge on any atom is 0.283 e. The lowest BCUT2D eigenvalue weighted by atomic mass is 10.1. The molecule has 0 saturated carbocycles. The Balaban J connectivity index is 2.30. The number of carbonyl (C=O) groups excluding carboxylic acids is 1. The van der Waals surface area contributed by atoms with Crippen LogP contribution in [0.1, 0.15) is 35.0 Å². The molecule has 2 rings (SSSR count). The zero-order chi connectivity index (χ0) is 16.3. The molecule has 0 aliphatic heterocycles. The minimum absolute atomic E-state index is 0.0810. The molecule has 2 aromatic rings. The van der Waals surface area contributed by atoms with Gasteiger partial charge in [-0.2, -0.15) is 0 Å². The molecule has 0 fully saturated rings. The number of rotatable bonds is 5. The van der Waals surface area contributed by atoms with Gasteiger partial charge in [0.25, 0.3) is 5.69 Å². The molecule has 4 nitrogen and oxygen atoms in total. The monoisotopic (exact) mass is 319 g/mol. The Labute approximate surface area is 131 Å². The van der Waals surface area contributed by atoms with Crippen LogP contribution in [0.5, 0.6) is 0 Å². The van der Waals surface area contributed by atoms with E-state index < -0.39 is 4.92 Å². The summed E-state index contributed by atoms with van der Waals surface area (Å²) in [4.78, 5) is 22.5. The fourth-order valence-electron chi connectivity index (χ4n) is 1.97. The molecule has 1 atom stereocenters. The summed E-state index contributed by atoms with van der Waals surface area (Å²) in [6.07, 6.45) is 0. The van der Waals surface area contributed by atoms with E-state index in [-0.39, 0.29) is 22.5 Å². The third-order valence-corrected chi connectivity index (χ3v) is 4.43. The van der Waals surface area contributed by atoms with E-state index >= 15 is 0 Å². The van der Waals surface area contributed by atoms with Crippen LogP contribution in [0.25, 0.3) is 0 Å². The van der Waals surface area contributed by atoms with Crippen LogP contribution in [-0.4, -0.2) is 10.7 Å². The van der Waals surface area contributed by atoms with Crippen LogP contribution in [0.2, 0.25) is 0 Å². The lowest BCUT2D eigenvalue weighted by Gasteiger charge is -2.12. The highest BCUT2D eigenvalue weighted by Crippen LogP contribution is 2.39. The zero-order valence-corrected chi connectivity index (χ0v) is 12.9. The number of carbonyl (C=O) groups is 1. The van der Waals surface area contributed by atoms with E-state index in [9.17, 15) is 19.3 Å². The lowest BCUT2D eigenvalue weighted by Crippen LogP contribution is -1.98. The fourth-order valence-corrected chi connectivity index (χ4v) is 3.05. The molecular weight excluding hydrogens is 305 g/mol. The van der Waals surface area contributed by atoms with E-state index in [0.29, 0.717) is 10.5 Å². The van der Waals surface area contributed by atoms with Gasteiger partial charge >= 0.3 is 0 Å². The van der Waals surface area contributed by atoms with Gasteiger partial charge in [-0.25, -0.2) is 4.39 Å². The molecule has 0 aliphatic carbocycles. The smallest absolute Gasteiger partial charge is 0.283 e. The summed E-state index contributed by atoms with van der Waals surface area (Å²) >= 11 is 1.30. The van der Waals surface area contributed by atoms with Crippen molar-refractivity contribution in [1.29, 1.82) is 0 Å². The number of hydrogen-bond donors (Lipinski definition) is 0. The van der Waals surface area contributed by atoms with Gasteiger partial charge in [0.15, 0.2) is 5.78 Å². The number of Topliss-reactive ketones (excluding diaryl/α,β-unsaturated/α-hetero) is 1. The van der Waals surface area contributed by atoms with Gasteiger partial charge in [-0.05, 0) is 43.7 Å². The van der Waals surface area contributed by atoms with Crippen LogP contribution >= 0.6 is 11.8 Å². The van der Waals surface area contributed by atoms with Crippen molar-refractivity contribution >= 4 is 23.2 Å². The predicted molar refractivity (Wildman–Crippen MR) is 83.8 cm³/mol. The summed E-state index contributed by atoms with van der Waals surface area (Å²) in [6.45, 7) is 3.26. The summed E-state index contributed by atoms with van der Waals surface area (Å²) < 4.78 is 12.9. The molecule has 0 saturated heterocycles. The first-order valence-corrected chi connectivity index (χ1v) is 7.48. The number of nitro benzene ring substituents is 1. The van der Waals surface area contributed by atoms with Crippen LogP contribution in [-0.2, 0) is 0 Å². The van der Waals surface area contributed by atoms with Crippen LogP contribution in [0, 0.1) is 15.9 Å². The van der Waals surface area contributed by atoms with Gasteiger partial charge in [-0.15, -0.1) is 11.8 Å². The first kappa shape index (κ1) is 16.2. The molecule has 22 heavy (non-hydrogen) atoms. The third-order valence-electron chi connectivity index (χ3n) is 3.21. The van der Waals surface area contributed by atoms with Crippen molar-refractivity contribution in [2.45, 2.75) is 24.0 Å². The predicted octanol–water partition coefficient (Wildman–Crippen LogP) is 4.79. The third kappa shape index (κ3) is 3.71. The Morgan fingerprint density at radius 1 is 1.23 bits per heavy atom. The van der Waals surface area contributed by atoms with Gasteiger partial charge in [0.2, 0.25) is 0 Å². The first-order valence-electron chi connectivity index (χ1n) is 6.60. The van der Waals surface area contributed by atoms with Gasteiger partial charge < -0.3 is 0 Å². The minimum Gasteiger partial charge on any atom is -0.295 e. The zero-order valence-electron chi connectivity index (χ0n) is 12.1. The quantitative estimate of drug-likeness (QED) is 0.344. The lowest BCUT2D eigenvalue weighted by molar-refractivity contribution is -0.387. The molecular formula is C16H14FNO3S. The Morgan fingerprint density at radius 2 is 1.86 bits per heavy atom. The molecule has 0 aliphatic rings. The number of benzene rings is 2. The second kappa shape index (κ2) is 6.70. The van der Waals surface area contributed by atoms with Crippen molar-refractivity contribution in [3.63, 3.8) is 0 Å². The van der Waals surface area contributed by atoms with Crippen molar-refractivity contribution in [3.8, 4) is 0 Å². The number of nitro groups is 1. The number of hydrogen-bond acceptors (Lipinski definition) is 4. The van der Waals surface area contributed by atoms with E-state index in [1.165, 1.54) is 36.9 Å². The summed E-state index contributed by atoms with van der Waals surface area (Å²) in [5.74, 6) is -0.538. The van der Waals surface area contributed by atoms with Crippen LogP contribution < -0.4 is 0 Å². The summed E-state index contributed by atoms with van der Waals surface area (Å²) in [5, 5.41) is 11.1. The van der Waals surface area contributed by atoms with E-state index in [2.05, 4.69) is 0 Å². The molecule has 0 bridgehead atoms. The summed E-state index contributed by atoms with van der Waals surface area (Å²) in [7, 11) is 0. The second-order valence-corrected chi connectivity index (χ2v) is 6.19. The Bertz CT molecular complexity index is 716. The molecule has 0 aromatic heterocycles. The Morgan fingerprint density at radius 3 is 2.41 bits per heavy atom. The van der Waals surface area contributed by atoms with E-state index in [0.717, 1.165) is 5.56 Å². The highest BCUT2D eigenvalue weighted by atomic mass is 32.2. The molecule has 114 valence electrons. The van der Waals surface area contributed by atoms with E-state index in [1.807, 2.05) is 6.92 Å². The van der Waals surface area contributed by atoms with Gasteiger partial charge in [0.05, 0.1) is 9.82 Å². The van der Waals surface area contributed by atoms with E-state index in [1.54, 1.807) is 24.3 Å². The average molecular weight is 319 g/mol. The normalized spacial score (nSPS) is 12.0. The van der Waals surface area contributed by atoms with Gasteiger partial charge in [-0.3, -0.25) is 14.9 Å². The Kier molecular flexibility index (Phi) is 4.92. The highest BCUT2D eigenvalue weighted by molar-refractivity contribution is 7.99. The van der Waals surface area contributed by atoms with Crippen molar-refractivity contribution < 1.29 is 14.1 Å². The second-order valence-electron chi connectivity index (χ2n) is 4.81. The van der Waals surface area contributed by atoms with Gasteiger partial charge in [0, 0.05) is 16.9 Å². The van der Waals surface area contributed by atoms with Crippen molar-refractivity contribution in [3.05, 3.63) is 69.5 Å². The molecule has 0 spiro atoms. The van der Waals surface area contributed by atoms with Crippen LogP contribution in [0.3, 0.4) is 0 Å². The van der Waals surface area contributed by atoms with Crippen molar-refractivity contribution in [1.82, 2.24) is 0 Å². The summed E-state index contributed by atoms with van der Waals surface area (Å²) in [5.41, 5.74) is 1.09. The first-order chi connectivity index (χ1) is 10.4. The largest absolute Gasteiger partial charge is 0.295 e. The van der Waals surface area contributed by atoms with E-state index in [4.69, 9.17) is 0 Å². The molecule has 1 unspecified atom stereocenters. The number of thioether (sulfide) groups is 1. The van der Waals surface area contributed by atoms with Gasteiger partial charge in [0.1, 0.15) is 5.82 Å². The SMILES string of the molecule is CC(=O)c1ccc(SC(C)c2ccc(F)cc2)c([N+](=O)[O-])c1. The summed E-state index contributed by atoms with van der Waals surface area (Å²) in [6, 6.07) is 10.5. The van der Waals surface area contributed by atoms with Crippen LogP contribution in [0.4, 0.5) is 10.1 Å². The van der Waals surface area contributed by atoms with Gasteiger partial charge in [-0.1, -0.05) is 12.1 Å². The number of halogens is 1. The molecule has 0 N–H and O–H groups in total. The molecule has 0 amide bonds. The van der Waals surface area contributed by atoms with Crippen LogP contribution in [0.15, 0.2) is 47.4 Å². The minimum atomic E-state index is -0.494. The molecule has 0 radical (unpaired) electrons. The fraction of sp³-hybridized carbons (Fsp3) is 0.188. The van der Waals surface area contributed by atoms with Crippen molar-refractivity contribution in [2.24, 2.45) is 0 Å². The standard InChI is InChI=1S/C16H14FNO3S/c1-10(19)13-5-8-16(15(9-13)18(20)21)22-11(2)12-3-6-14(17)7-4-12/h3-9,11H,1-2H3. The molecule has 2 aromatic carbocycles. The van der Waals surface area contributed by atoms with Crippen molar-refractivity contribution in [2.75, 3.05) is 0 Å². The highest BCUT2D eigenvalue weighted by Gasteiger charge is 2.19. The maximum atomic E-state index is 12.9. The maximum absolute atomic E-state index is 12.9. The average Bonchev–Trinajstić information content (AvgIpc) is 2.47.